The number of anilines is 1. The summed E-state index contributed by atoms with van der Waals surface area (Å²) in [7, 11) is 4.02. The Morgan fingerprint density at radius 2 is 1.72 bits per heavy atom. The molecule has 1 aliphatic carbocycles. The molecule has 0 bridgehead atoms. The maximum absolute atomic E-state index is 12.9. The van der Waals surface area contributed by atoms with Gasteiger partial charge in [0.15, 0.2) is 11.5 Å². The van der Waals surface area contributed by atoms with Crippen molar-refractivity contribution in [2.45, 2.75) is 51.6 Å². The van der Waals surface area contributed by atoms with Crippen LogP contribution >= 0.6 is 0 Å². The maximum atomic E-state index is 12.9. The van der Waals surface area contributed by atoms with Crippen molar-refractivity contribution in [3.63, 3.8) is 0 Å². The molecule has 4 aromatic rings. The first-order valence-electron chi connectivity index (χ1n) is 12.8. The second-order valence-electron chi connectivity index (χ2n) is 9.91. The zero-order chi connectivity index (χ0) is 25.1. The SMILES string of the molecule is Cc1ccc(-c2ncn(C3CCCCC3)c2-c2ccc(C(=O)NCc3ccc(N(C)C)cc3)o2)cc1. The van der Waals surface area contributed by atoms with Gasteiger partial charge in [-0.2, -0.15) is 0 Å². The van der Waals surface area contributed by atoms with Crippen molar-refractivity contribution in [2.24, 2.45) is 0 Å². The van der Waals surface area contributed by atoms with Crippen molar-refractivity contribution in [3.05, 3.63) is 83.9 Å². The molecule has 0 spiro atoms. The summed E-state index contributed by atoms with van der Waals surface area (Å²) in [6.45, 7) is 2.52. The number of hydrogen-bond acceptors (Lipinski definition) is 4. The van der Waals surface area contributed by atoms with E-state index in [4.69, 9.17) is 9.40 Å². The van der Waals surface area contributed by atoms with Crippen LogP contribution < -0.4 is 10.2 Å². The average molecular weight is 483 g/mol. The van der Waals surface area contributed by atoms with Crippen molar-refractivity contribution in [3.8, 4) is 22.7 Å². The molecule has 0 aliphatic heterocycles. The maximum Gasteiger partial charge on any atom is 0.287 e. The van der Waals surface area contributed by atoms with E-state index in [0.29, 0.717) is 24.1 Å². The number of amides is 1. The normalized spacial score (nSPS) is 14.1. The monoisotopic (exact) mass is 482 g/mol. The summed E-state index contributed by atoms with van der Waals surface area (Å²) in [5, 5.41) is 2.98. The fourth-order valence-electron chi connectivity index (χ4n) is 4.93. The van der Waals surface area contributed by atoms with Gasteiger partial charge in [0, 0.05) is 37.9 Å². The zero-order valence-electron chi connectivity index (χ0n) is 21.3. The van der Waals surface area contributed by atoms with Crippen LogP contribution in [0.25, 0.3) is 22.7 Å². The number of aryl methyl sites for hydroxylation is 1. The molecule has 0 unspecified atom stereocenters. The van der Waals surface area contributed by atoms with E-state index in [0.717, 1.165) is 41.0 Å². The predicted octanol–water partition coefficient (Wildman–Crippen LogP) is 6.62. The number of imidazole rings is 1. The molecule has 6 heteroatoms. The minimum atomic E-state index is -0.224. The third-order valence-electron chi connectivity index (χ3n) is 7.06. The minimum absolute atomic E-state index is 0.224. The number of nitrogens with zero attached hydrogens (tertiary/aromatic N) is 3. The van der Waals surface area contributed by atoms with E-state index in [1.807, 2.05) is 50.8 Å². The Morgan fingerprint density at radius 3 is 2.42 bits per heavy atom. The molecule has 0 saturated heterocycles. The Balaban J connectivity index is 1.39. The summed E-state index contributed by atoms with van der Waals surface area (Å²) < 4.78 is 8.43. The highest BCUT2D eigenvalue weighted by atomic mass is 16.4. The average Bonchev–Trinajstić information content (AvgIpc) is 3.56. The number of aromatic nitrogens is 2. The van der Waals surface area contributed by atoms with E-state index in [1.165, 1.54) is 24.8 Å². The van der Waals surface area contributed by atoms with Gasteiger partial charge in [0.25, 0.3) is 5.91 Å². The van der Waals surface area contributed by atoms with Gasteiger partial charge in [-0.15, -0.1) is 0 Å². The first-order valence-corrected chi connectivity index (χ1v) is 12.8. The lowest BCUT2D eigenvalue weighted by atomic mass is 9.95. The third-order valence-corrected chi connectivity index (χ3v) is 7.06. The molecule has 186 valence electrons. The summed E-state index contributed by atoms with van der Waals surface area (Å²) in [5.41, 5.74) is 6.26. The second-order valence-corrected chi connectivity index (χ2v) is 9.91. The van der Waals surface area contributed by atoms with Crippen LogP contribution in [0.4, 0.5) is 5.69 Å². The molecule has 1 aliphatic rings. The van der Waals surface area contributed by atoms with E-state index >= 15 is 0 Å². The number of rotatable bonds is 7. The molecule has 1 N–H and O–H groups in total. The van der Waals surface area contributed by atoms with Crippen molar-refractivity contribution in [1.29, 1.82) is 0 Å². The first-order chi connectivity index (χ1) is 17.5. The Morgan fingerprint density at radius 1 is 1.00 bits per heavy atom. The summed E-state index contributed by atoms with van der Waals surface area (Å²) in [5.74, 6) is 0.758. The van der Waals surface area contributed by atoms with Crippen LogP contribution in [0, 0.1) is 6.92 Å². The fourth-order valence-corrected chi connectivity index (χ4v) is 4.93. The molecule has 1 fully saturated rings. The van der Waals surface area contributed by atoms with Gasteiger partial charge in [0.2, 0.25) is 0 Å². The van der Waals surface area contributed by atoms with Gasteiger partial charge in [-0.05, 0) is 49.6 Å². The molecule has 1 amide bonds. The topological polar surface area (TPSA) is 63.3 Å². The van der Waals surface area contributed by atoms with E-state index in [1.54, 1.807) is 6.07 Å². The first kappa shape index (κ1) is 23.9. The van der Waals surface area contributed by atoms with Gasteiger partial charge in [-0.25, -0.2) is 4.98 Å². The molecule has 2 aromatic heterocycles. The van der Waals surface area contributed by atoms with E-state index in [9.17, 15) is 4.79 Å². The zero-order valence-corrected chi connectivity index (χ0v) is 21.3. The summed E-state index contributed by atoms with van der Waals surface area (Å²) >= 11 is 0. The predicted molar refractivity (Wildman–Crippen MR) is 144 cm³/mol. The number of benzene rings is 2. The van der Waals surface area contributed by atoms with Gasteiger partial charge in [-0.3, -0.25) is 4.79 Å². The van der Waals surface area contributed by atoms with E-state index < -0.39 is 0 Å². The smallest absolute Gasteiger partial charge is 0.287 e. The molecule has 36 heavy (non-hydrogen) atoms. The fraction of sp³-hybridized carbons (Fsp3) is 0.333. The third kappa shape index (κ3) is 5.08. The Hall–Kier alpha value is -3.80. The highest BCUT2D eigenvalue weighted by Gasteiger charge is 2.25. The van der Waals surface area contributed by atoms with Gasteiger partial charge in [0.1, 0.15) is 5.69 Å². The molecule has 0 radical (unpaired) electrons. The van der Waals surface area contributed by atoms with E-state index in [2.05, 4.69) is 46.0 Å². The van der Waals surface area contributed by atoms with Gasteiger partial charge < -0.3 is 19.2 Å². The van der Waals surface area contributed by atoms with Crippen molar-refractivity contribution in [2.75, 3.05) is 19.0 Å². The Kier molecular flexibility index (Phi) is 6.94. The lowest BCUT2D eigenvalue weighted by Crippen LogP contribution is -2.22. The second kappa shape index (κ2) is 10.4. The molecule has 6 nitrogen and oxygen atoms in total. The number of nitrogens with one attached hydrogen (secondary N) is 1. The van der Waals surface area contributed by atoms with Crippen LogP contribution in [-0.4, -0.2) is 29.6 Å². The summed E-state index contributed by atoms with van der Waals surface area (Å²) in [6, 6.07) is 20.6. The molecule has 0 atom stereocenters. The van der Waals surface area contributed by atoms with Crippen LogP contribution in [0.5, 0.6) is 0 Å². The number of carbonyl (C=O) groups is 1. The molecule has 1 saturated carbocycles. The quantitative estimate of drug-likeness (QED) is 0.322. The largest absolute Gasteiger partial charge is 0.449 e. The molecular formula is C30H34N4O2. The van der Waals surface area contributed by atoms with Crippen LogP contribution in [0.2, 0.25) is 0 Å². The molecular weight excluding hydrogens is 448 g/mol. The van der Waals surface area contributed by atoms with Crippen LogP contribution in [0.1, 0.15) is 59.8 Å². The molecule has 5 rings (SSSR count). The van der Waals surface area contributed by atoms with Crippen LogP contribution in [0.15, 0.2) is 71.4 Å². The van der Waals surface area contributed by atoms with Gasteiger partial charge in [0.05, 0.1) is 12.0 Å². The van der Waals surface area contributed by atoms with E-state index in [-0.39, 0.29) is 5.91 Å². The minimum Gasteiger partial charge on any atom is -0.449 e. The van der Waals surface area contributed by atoms with Crippen LogP contribution in [-0.2, 0) is 6.54 Å². The highest BCUT2D eigenvalue weighted by molar-refractivity contribution is 5.92. The lowest BCUT2D eigenvalue weighted by Gasteiger charge is -2.24. The van der Waals surface area contributed by atoms with Crippen molar-refractivity contribution in [1.82, 2.24) is 14.9 Å². The molecule has 2 aromatic carbocycles. The van der Waals surface area contributed by atoms with Crippen LogP contribution in [0.3, 0.4) is 0 Å². The number of carbonyl (C=O) groups excluding carboxylic acids is 1. The van der Waals surface area contributed by atoms with Crippen molar-refractivity contribution < 1.29 is 9.21 Å². The Labute approximate surface area is 213 Å². The highest BCUT2D eigenvalue weighted by Crippen LogP contribution is 2.38. The standard InChI is InChI=1S/C30H34N4O2/c1-21-9-13-23(14-10-21)28-29(34(20-32-28)25-7-5-4-6-8-25)26-17-18-27(36-26)30(35)31-19-22-11-15-24(16-12-22)33(2)3/h9-18,20,25H,4-8,19H2,1-3H3,(H,31,35). The Bertz CT molecular complexity index is 1310. The summed E-state index contributed by atoms with van der Waals surface area (Å²) in [4.78, 5) is 19.8. The van der Waals surface area contributed by atoms with Gasteiger partial charge >= 0.3 is 0 Å². The number of furan rings is 1. The van der Waals surface area contributed by atoms with Crippen molar-refractivity contribution >= 4 is 11.6 Å². The summed E-state index contributed by atoms with van der Waals surface area (Å²) in [6.07, 6.45) is 7.95. The number of hydrogen-bond donors (Lipinski definition) is 1. The molecule has 2 heterocycles. The lowest BCUT2D eigenvalue weighted by molar-refractivity contribution is 0.0924. The van der Waals surface area contributed by atoms with Gasteiger partial charge in [-0.1, -0.05) is 61.2 Å².